The highest BCUT2D eigenvalue weighted by atomic mass is 16.6. The van der Waals surface area contributed by atoms with Gasteiger partial charge in [-0.05, 0) is 39.8 Å². The largest absolute Gasteiger partial charge is 0.487 e. The first-order valence-electron chi connectivity index (χ1n) is 7.43. The van der Waals surface area contributed by atoms with Crippen LogP contribution in [0, 0.1) is 0 Å². The molecule has 0 bridgehead atoms. The second-order valence-electron chi connectivity index (χ2n) is 6.97. The van der Waals surface area contributed by atoms with Crippen LogP contribution < -0.4 is 10.5 Å². The monoisotopic (exact) mass is 285 g/mol. The SMILES string of the molecule is CC1(C)CC(Oc2ccc(N)c3ccccc23)C(C)(C)O1. The van der Waals surface area contributed by atoms with Crippen LogP contribution in [-0.4, -0.2) is 17.3 Å². The quantitative estimate of drug-likeness (QED) is 0.843. The summed E-state index contributed by atoms with van der Waals surface area (Å²) >= 11 is 0. The van der Waals surface area contributed by atoms with Crippen molar-refractivity contribution < 1.29 is 9.47 Å². The predicted octanol–water partition coefficient (Wildman–Crippen LogP) is 4.15. The number of anilines is 1. The molecule has 1 fully saturated rings. The molecule has 3 rings (SSSR count). The Morgan fingerprint density at radius 2 is 1.71 bits per heavy atom. The summed E-state index contributed by atoms with van der Waals surface area (Å²) in [7, 11) is 0. The van der Waals surface area contributed by atoms with Crippen molar-refractivity contribution in [1.82, 2.24) is 0 Å². The third-order valence-electron chi connectivity index (χ3n) is 4.18. The molecule has 1 unspecified atom stereocenters. The van der Waals surface area contributed by atoms with E-state index in [-0.39, 0.29) is 17.3 Å². The number of rotatable bonds is 2. The van der Waals surface area contributed by atoms with E-state index in [0.717, 1.165) is 28.6 Å². The molecule has 1 heterocycles. The zero-order chi connectivity index (χ0) is 15.3. The number of fused-ring (bicyclic) bond motifs is 1. The van der Waals surface area contributed by atoms with Crippen molar-refractivity contribution in [2.45, 2.75) is 51.4 Å². The zero-order valence-electron chi connectivity index (χ0n) is 13.1. The highest BCUT2D eigenvalue weighted by Crippen LogP contribution is 2.41. The van der Waals surface area contributed by atoms with E-state index in [2.05, 4.69) is 33.8 Å². The van der Waals surface area contributed by atoms with E-state index in [1.165, 1.54) is 0 Å². The number of nitrogen functional groups attached to an aromatic ring is 1. The minimum Gasteiger partial charge on any atom is -0.487 e. The number of nitrogens with two attached hydrogens (primary N) is 1. The van der Waals surface area contributed by atoms with E-state index >= 15 is 0 Å². The number of hydrogen-bond donors (Lipinski definition) is 1. The molecule has 1 saturated heterocycles. The van der Waals surface area contributed by atoms with Crippen LogP contribution in [0.2, 0.25) is 0 Å². The first kappa shape index (κ1) is 14.2. The predicted molar refractivity (Wildman–Crippen MR) is 86.6 cm³/mol. The minimum atomic E-state index is -0.300. The van der Waals surface area contributed by atoms with E-state index in [9.17, 15) is 0 Å². The van der Waals surface area contributed by atoms with Gasteiger partial charge in [-0.1, -0.05) is 24.3 Å². The Morgan fingerprint density at radius 3 is 2.33 bits per heavy atom. The highest BCUT2D eigenvalue weighted by molar-refractivity contribution is 5.97. The fourth-order valence-corrected chi connectivity index (χ4v) is 3.25. The van der Waals surface area contributed by atoms with Gasteiger partial charge in [0.05, 0.1) is 5.60 Å². The molecule has 0 aromatic heterocycles. The fourth-order valence-electron chi connectivity index (χ4n) is 3.25. The molecule has 1 aliphatic heterocycles. The third-order valence-corrected chi connectivity index (χ3v) is 4.18. The number of ether oxygens (including phenoxy) is 2. The van der Waals surface area contributed by atoms with E-state index in [1.807, 2.05) is 30.3 Å². The first-order chi connectivity index (χ1) is 9.78. The summed E-state index contributed by atoms with van der Waals surface area (Å²) in [4.78, 5) is 0. The van der Waals surface area contributed by atoms with Crippen LogP contribution in [0.25, 0.3) is 10.8 Å². The van der Waals surface area contributed by atoms with Gasteiger partial charge in [-0.25, -0.2) is 0 Å². The lowest BCUT2D eigenvalue weighted by atomic mass is 9.97. The van der Waals surface area contributed by atoms with E-state index in [0.29, 0.717) is 0 Å². The van der Waals surface area contributed by atoms with E-state index in [1.54, 1.807) is 0 Å². The zero-order valence-corrected chi connectivity index (χ0v) is 13.1. The summed E-state index contributed by atoms with van der Waals surface area (Å²) < 4.78 is 12.4. The summed E-state index contributed by atoms with van der Waals surface area (Å²) in [6, 6.07) is 11.9. The summed E-state index contributed by atoms with van der Waals surface area (Å²) in [5.74, 6) is 0.874. The molecule has 1 aliphatic rings. The van der Waals surface area contributed by atoms with E-state index < -0.39 is 0 Å². The molecule has 0 radical (unpaired) electrons. The second kappa shape index (κ2) is 4.63. The number of hydrogen-bond acceptors (Lipinski definition) is 3. The molecule has 3 heteroatoms. The third kappa shape index (κ3) is 2.58. The van der Waals surface area contributed by atoms with Crippen LogP contribution in [-0.2, 0) is 4.74 Å². The lowest BCUT2D eigenvalue weighted by Crippen LogP contribution is -2.36. The normalized spacial score (nSPS) is 23.3. The lowest BCUT2D eigenvalue weighted by Gasteiger charge is -2.28. The van der Waals surface area contributed by atoms with Crippen LogP contribution in [0.4, 0.5) is 5.69 Å². The topological polar surface area (TPSA) is 44.5 Å². The van der Waals surface area contributed by atoms with Gasteiger partial charge in [0.1, 0.15) is 17.5 Å². The Kier molecular flexibility index (Phi) is 3.14. The van der Waals surface area contributed by atoms with Crippen molar-refractivity contribution >= 4 is 16.5 Å². The molecule has 112 valence electrons. The summed E-state index contributed by atoms with van der Waals surface area (Å²) in [6.45, 7) is 8.40. The van der Waals surface area contributed by atoms with Crippen LogP contribution in [0.3, 0.4) is 0 Å². The van der Waals surface area contributed by atoms with Crippen molar-refractivity contribution in [2.24, 2.45) is 0 Å². The van der Waals surface area contributed by atoms with Gasteiger partial charge in [0.2, 0.25) is 0 Å². The highest BCUT2D eigenvalue weighted by Gasteiger charge is 2.47. The Labute approximate surface area is 126 Å². The molecular formula is C18H23NO2. The van der Waals surface area contributed by atoms with Gasteiger partial charge < -0.3 is 15.2 Å². The maximum absolute atomic E-state index is 6.31. The Bertz CT molecular complexity index is 676. The lowest BCUT2D eigenvalue weighted by molar-refractivity contribution is -0.0844. The van der Waals surface area contributed by atoms with Gasteiger partial charge in [0.15, 0.2) is 0 Å². The summed E-state index contributed by atoms with van der Waals surface area (Å²) in [5, 5.41) is 2.09. The van der Waals surface area contributed by atoms with Crippen LogP contribution in [0.5, 0.6) is 5.75 Å². The van der Waals surface area contributed by atoms with Crippen LogP contribution >= 0.6 is 0 Å². The van der Waals surface area contributed by atoms with Crippen LogP contribution in [0.1, 0.15) is 34.1 Å². The fraction of sp³-hybridized carbons (Fsp3) is 0.444. The molecule has 1 atom stereocenters. The van der Waals surface area contributed by atoms with Crippen molar-refractivity contribution in [3.63, 3.8) is 0 Å². The maximum Gasteiger partial charge on any atom is 0.130 e. The minimum absolute atomic E-state index is 0.0273. The van der Waals surface area contributed by atoms with Crippen LogP contribution in [0.15, 0.2) is 36.4 Å². The Hall–Kier alpha value is -1.74. The molecule has 0 spiro atoms. The molecular weight excluding hydrogens is 262 g/mol. The van der Waals surface area contributed by atoms with Gasteiger partial charge in [0, 0.05) is 22.9 Å². The Balaban J connectivity index is 1.98. The molecule has 3 nitrogen and oxygen atoms in total. The van der Waals surface area contributed by atoms with Crippen molar-refractivity contribution in [3.05, 3.63) is 36.4 Å². The van der Waals surface area contributed by atoms with Gasteiger partial charge in [0.25, 0.3) is 0 Å². The molecule has 2 aromatic rings. The molecule has 21 heavy (non-hydrogen) atoms. The van der Waals surface area contributed by atoms with E-state index in [4.69, 9.17) is 15.2 Å². The standard InChI is InChI=1S/C18H23NO2/c1-17(2)11-16(18(3,4)21-17)20-15-10-9-14(19)12-7-5-6-8-13(12)15/h5-10,16H,11,19H2,1-4H3. The van der Waals surface area contributed by atoms with Gasteiger partial charge in [-0.3, -0.25) is 0 Å². The molecule has 0 saturated carbocycles. The van der Waals surface area contributed by atoms with Gasteiger partial charge >= 0.3 is 0 Å². The smallest absolute Gasteiger partial charge is 0.130 e. The first-order valence-corrected chi connectivity index (χ1v) is 7.43. The molecule has 2 aromatic carbocycles. The Morgan fingerprint density at radius 1 is 1.05 bits per heavy atom. The van der Waals surface area contributed by atoms with Gasteiger partial charge in [-0.15, -0.1) is 0 Å². The molecule has 0 aliphatic carbocycles. The van der Waals surface area contributed by atoms with Crippen molar-refractivity contribution in [2.75, 3.05) is 5.73 Å². The molecule has 0 amide bonds. The number of benzene rings is 2. The van der Waals surface area contributed by atoms with Crippen molar-refractivity contribution in [1.29, 1.82) is 0 Å². The van der Waals surface area contributed by atoms with Gasteiger partial charge in [-0.2, -0.15) is 0 Å². The maximum atomic E-state index is 6.31. The summed E-state index contributed by atoms with van der Waals surface area (Å²) in [5.41, 5.74) is 6.37. The average molecular weight is 285 g/mol. The summed E-state index contributed by atoms with van der Waals surface area (Å²) in [6.07, 6.45) is 0.901. The molecule has 2 N–H and O–H groups in total. The average Bonchev–Trinajstić information content (AvgIpc) is 2.61. The second-order valence-corrected chi connectivity index (χ2v) is 6.97. The van der Waals surface area contributed by atoms with Crippen molar-refractivity contribution in [3.8, 4) is 5.75 Å².